The molecule has 5 nitrogen and oxygen atoms in total. The molecular weight excluding hydrogens is 260 g/mol. The topological polar surface area (TPSA) is 59.8 Å². The van der Waals surface area contributed by atoms with Crippen LogP contribution in [-0.2, 0) is 13.0 Å². The molecule has 2 rings (SSSR count). The van der Waals surface area contributed by atoms with Crippen LogP contribution in [-0.4, -0.2) is 20.7 Å². The second-order valence-corrected chi connectivity index (χ2v) is 5.33. The van der Waals surface area contributed by atoms with Crippen molar-refractivity contribution < 1.29 is 4.79 Å². The Morgan fingerprint density at radius 1 is 1.47 bits per heavy atom. The van der Waals surface area contributed by atoms with Gasteiger partial charge in [0.2, 0.25) is 0 Å². The van der Waals surface area contributed by atoms with Gasteiger partial charge < -0.3 is 5.32 Å². The summed E-state index contributed by atoms with van der Waals surface area (Å²) in [4.78, 5) is 16.9. The van der Waals surface area contributed by atoms with Crippen LogP contribution in [0.15, 0.2) is 18.5 Å². The van der Waals surface area contributed by atoms with Gasteiger partial charge >= 0.3 is 0 Å². The first-order valence-electron chi connectivity index (χ1n) is 6.52. The van der Waals surface area contributed by atoms with E-state index in [0.29, 0.717) is 4.88 Å². The lowest BCUT2D eigenvalue weighted by molar-refractivity contribution is 0.102. The second-order valence-electron chi connectivity index (χ2n) is 4.22. The van der Waals surface area contributed by atoms with Gasteiger partial charge in [0.05, 0.1) is 17.4 Å². The first-order valence-corrected chi connectivity index (χ1v) is 7.34. The Bertz CT molecular complexity index is 546. The fourth-order valence-electron chi connectivity index (χ4n) is 1.68. The Kier molecular flexibility index (Phi) is 4.68. The van der Waals surface area contributed by atoms with Crippen LogP contribution < -0.4 is 5.32 Å². The lowest BCUT2D eigenvalue weighted by Crippen LogP contribution is -2.14. The summed E-state index contributed by atoms with van der Waals surface area (Å²) in [5.41, 5.74) is 0. The van der Waals surface area contributed by atoms with Gasteiger partial charge in [-0.15, -0.1) is 11.3 Å². The summed E-state index contributed by atoms with van der Waals surface area (Å²) in [6.07, 6.45) is 6.33. The monoisotopic (exact) mass is 278 g/mol. The zero-order valence-electron chi connectivity index (χ0n) is 11.2. The van der Waals surface area contributed by atoms with Gasteiger partial charge in [0.15, 0.2) is 0 Å². The molecule has 0 bridgehead atoms. The van der Waals surface area contributed by atoms with E-state index in [-0.39, 0.29) is 5.91 Å². The third-order valence-electron chi connectivity index (χ3n) is 2.76. The van der Waals surface area contributed by atoms with Crippen molar-refractivity contribution in [2.45, 2.75) is 39.7 Å². The Morgan fingerprint density at radius 3 is 3.00 bits per heavy atom. The standard InChI is InChI=1S/C13H18N4OS/c1-3-5-8-17-11(6-7-15-17)16-13(18)10-9-14-12(4-2)19-10/h6-7,9H,3-5,8H2,1-2H3,(H,16,18). The van der Waals surface area contributed by atoms with Crippen LogP contribution in [0.25, 0.3) is 0 Å². The molecule has 1 amide bonds. The number of aryl methyl sites for hydroxylation is 2. The van der Waals surface area contributed by atoms with Crippen molar-refractivity contribution in [1.82, 2.24) is 14.8 Å². The molecule has 0 saturated carbocycles. The number of anilines is 1. The van der Waals surface area contributed by atoms with E-state index in [2.05, 4.69) is 22.3 Å². The van der Waals surface area contributed by atoms with Crippen molar-refractivity contribution >= 4 is 23.1 Å². The second kappa shape index (κ2) is 6.47. The number of rotatable bonds is 6. The van der Waals surface area contributed by atoms with Gasteiger partial charge in [-0.25, -0.2) is 9.67 Å². The van der Waals surface area contributed by atoms with Gasteiger partial charge in [-0.1, -0.05) is 20.3 Å². The summed E-state index contributed by atoms with van der Waals surface area (Å²) in [7, 11) is 0. The Morgan fingerprint density at radius 2 is 2.32 bits per heavy atom. The maximum atomic E-state index is 12.1. The number of carbonyl (C=O) groups excluding carboxylic acids is 1. The third kappa shape index (κ3) is 3.41. The summed E-state index contributed by atoms with van der Waals surface area (Å²) in [5, 5.41) is 8.07. The van der Waals surface area contributed by atoms with Gasteiger partial charge in [0.1, 0.15) is 10.7 Å². The summed E-state index contributed by atoms with van der Waals surface area (Å²) in [5.74, 6) is 0.625. The largest absolute Gasteiger partial charge is 0.306 e. The predicted molar refractivity (Wildman–Crippen MR) is 76.6 cm³/mol. The van der Waals surface area contributed by atoms with E-state index in [1.807, 2.05) is 17.7 Å². The Labute approximate surface area is 116 Å². The highest BCUT2D eigenvalue weighted by molar-refractivity contribution is 7.13. The Hall–Kier alpha value is -1.69. The average Bonchev–Trinajstić information content (AvgIpc) is 3.05. The first-order chi connectivity index (χ1) is 9.24. The zero-order valence-corrected chi connectivity index (χ0v) is 12.0. The molecule has 0 radical (unpaired) electrons. The third-order valence-corrected chi connectivity index (χ3v) is 3.90. The number of nitrogens with one attached hydrogen (secondary N) is 1. The molecule has 0 aliphatic carbocycles. The molecule has 2 aromatic rings. The van der Waals surface area contributed by atoms with E-state index in [4.69, 9.17) is 0 Å². The van der Waals surface area contributed by atoms with Gasteiger partial charge in [-0.05, 0) is 12.8 Å². The number of nitrogens with zero attached hydrogens (tertiary/aromatic N) is 3. The summed E-state index contributed by atoms with van der Waals surface area (Å²) >= 11 is 1.43. The van der Waals surface area contributed by atoms with Crippen LogP contribution in [0.4, 0.5) is 5.82 Å². The molecular formula is C13H18N4OS. The van der Waals surface area contributed by atoms with Crippen molar-refractivity contribution in [2.24, 2.45) is 0 Å². The van der Waals surface area contributed by atoms with Crippen LogP contribution >= 0.6 is 11.3 Å². The van der Waals surface area contributed by atoms with E-state index in [1.165, 1.54) is 11.3 Å². The van der Waals surface area contributed by atoms with Crippen LogP contribution in [0, 0.1) is 0 Å². The molecule has 0 fully saturated rings. The maximum absolute atomic E-state index is 12.1. The normalized spacial score (nSPS) is 10.6. The summed E-state index contributed by atoms with van der Waals surface area (Å²) in [6.45, 7) is 4.98. The van der Waals surface area contributed by atoms with Crippen LogP contribution in [0.3, 0.4) is 0 Å². The minimum Gasteiger partial charge on any atom is -0.306 e. The molecule has 0 atom stereocenters. The fourth-order valence-corrected chi connectivity index (χ4v) is 2.43. The number of hydrogen-bond donors (Lipinski definition) is 1. The lowest BCUT2D eigenvalue weighted by Gasteiger charge is -2.07. The number of hydrogen-bond acceptors (Lipinski definition) is 4. The van der Waals surface area contributed by atoms with Gasteiger partial charge in [0, 0.05) is 12.6 Å². The number of carbonyl (C=O) groups is 1. The molecule has 0 unspecified atom stereocenters. The summed E-state index contributed by atoms with van der Waals surface area (Å²) < 4.78 is 1.82. The van der Waals surface area contributed by atoms with Gasteiger partial charge in [-0.3, -0.25) is 4.79 Å². The van der Waals surface area contributed by atoms with Crippen molar-refractivity contribution in [3.63, 3.8) is 0 Å². The molecule has 2 heterocycles. The molecule has 6 heteroatoms. The highest BCUT2D eigenvalue weighted by Gasteiger charge is 2.12. The SMILES string of the molecule is CCCCn1nccc1NC(=O)c1cnc(CC)s1. The van der Waals surface area contributed by atoms with E-state index in [9.17, 15) is 4.79 Å². The van der Waals surface area contributed by atoms with E-state index >= 15 is 0 Å². The molecule has 2 aromatic heterocycles. The average molecular weight is 278 g/mol. The van der Waals surface area contributed by atoms with E-state index < -0.39 is 0 Å². The number of amides is 1. The molecule has 1 N–H and O–H groups in total. The highest BCUT2D eigenvalue weighted by atomic mass is 32.1. The molecule has 0 aliphatic heterocycles. The van der Waals surface area contributed by atoms with E-state index in [1.54, 1.807) is 12.4 Å². The fraction of sp³-hybridized carbons (Fsp3) is 0.462. The molecule has 102 valence electrons. The van der Waals surface area contributed by atoms with Crippen molar-refractivity contribution in [1.29, 1.82) is 0 Å². The first kappa shape index (κ1) is 13.7. The lowest BCUT2D eigenvalue weighted by atomic mass is 10.3. The van der Waals surface area contributed by atoms with E-state index in [0.717, 1.165) is 36.6 Å². The van der Waals surface area contributed by atoms with Crippen molar-refractivity contribution in [3.8, 4) is 0 Å². The quantitative estimate of drug-likeness (QED) is 0.883. The van der Waals surface area contributed by atoms with Gasteiger partial charge in [-0.2, -0.15) is 5.10 Å². The van der Waals surface area contributed by atoms with Crippen LogP contribution in [0.1, 0.15) is 41.4 Å². The molecule has 0 aromatic carbocycles. The number of aromatic nitrogens is 3. The van der Waals surface area contributed by atoms with Crippen molar-refractivity contribution in [3.05, 3.63) is 28.3 Å². The van der Waals surface area contributed by atoms with Crippen LogP contribution in [0.5, 0.6) is 0 Å². The van der Waals surface area contributed by atoms with Gasteiger partial charge in [0.25, 0.3) is 5.91 Å². The van der Waals surface area contributed by atoms with Crippen LogP contribution in [0.2, 0.25) is 0 Å². The minimum atomic E-state index is -0.115. The number of unbranched alkanes of at least 4 members (excludes halogenated alkanes) is 1. The summed E-state index contributed by atoms with van der Waals surface area (Å²) in [6, 6.07) is 1.81. The number of thiazole rings is 1. The molecule has 0 aliphatic rings. The maximum Gasteiger partial charge on any atom is 0.268 e. The smallest absolute Gasteiger partial charge is 0.268 e. The van der Waals surface area contributed by atoms with Crippen molar-refractivity contribution in [2.75, 3.05) is 5.32 Å². The molecule has 0 saturated heterocycles. The Balaban J connectivity index is 2.04. The zero-order chi connectivity index (χ0) is 13.7. The molecule has 19 heavy (non-hydrogen) atoms. The highest BCUT2D eigenvalue weighted by Crippen LogP contribution is 2.16. The predicted octanol–water partition coefficient (Wildman–Crippen LogP) is 2.95. The molecule has 0 spiro atoms. The minimum absolute atomic E-state index is 0.115.